The molecule has 5 rings (SSSR count). The lowest BCUT2D eigenvalue weighted by Crippen LogP contribution is -2.52. The number of carbonyl (C=O) groups is 1. The summed E-state index contributed by atoms with van der Waals surface area (Å²) in [5.41, 5.74) is 0.185. The number of nitrogens with zero attached hydrogens (tertiary/aromatic N) is 2. The van der Waals surface area contributed by atoms with Gasteiger partial charge in [-0.2, -0.15) is 9.99 Å². The van der Waals surface area contributed by atoms with Crippen LogP contribution in [0.2, 0.25) is 0 Å². The molecule has 4 bridgehead atoms. The predicted molar refractivity (Wildman–Crippen MR) is 82.2 cm³/mol. The van der Waals surface area contributed by atoms with E-state index < -0.39 is 0 Å². The molecule has 1 heterocycles. The molecular formula is C17H18N2O2S. The lowest BCUT2D eigenvalue weighted by Gasteiger charge is -2.54. The van der Waals surface area contributed by atoms with Gasteiger partial charge in [-0.25, -0.2) is 4.79 Å². The number of rotatable bonds is 2. The number of pyridine rings is 1. The summed E-state index contributed by atoms with van der Waals surface area (Å²) in [4.78, 5) is 18.4. The first-order chi connectivity index (χ1) is 10.6. The van der Waals surface area contributed by atoms with Crippen molar-refractivity contribution in [3.05, 3.63) is 28.5 Å². The lowest BCUT2D eigenvalue weighted by molar-refractivity contribution is -0.172. The Morgan fingerprint density at radius 2 is 1.86 bits per heavy atom. The Balaban J connectivity index is 1.58. The first-order valence-corrected chi connectivity index (χ1v) is 8.34. The Labute approximate surface area is 134 Å². The van der Waals surface area contributed by atoms with Crippen molar-refractivity contribution in [3.8, 4) is 6.07 Å². The highest BCUT2D eigenvalue weighted by molar-refractivity contribution is 7.71. The van der Waals surface area contributed by atoms with Gasteiger partial charge in [0.05, 0.1) is 17.0 Å². The molecule has 1 aromatic rings. The zero-order valence-corrected chi connectivity index (χ0v) is 13.1. The summed E-state index contributed by atoms with van der Waals surface area (Å²) in [6.45, 7) is 0. The fraction of sp³-hybridized carbons (Fsp3) is 0.588. The smallest absolute Gasteiger partial charge is 0.335 e. The highest BCUT2D eigenvalue weighted by atomic mass is 32.1. The second-order valence-electron chi connectivity index (χ2n) is 7.27. The van der Waals surface area contributed by atoms with Crippen molar-refractivity contribution in [2.24, 2.45) is 23.2 Å². The van der Waals surface area contributed by atoms with Gasteiger partial charge in [-0.05, 0) is 68.4 Å². The van der Waals surface area contributed by atoms with Gasteiger partial charge in [0.15, 0.2) is 0 Å². The van der Waals surface area contributed by atoms with Crippen molar-refractivity contribution in [3.63, 3.8) is 0 Å². The van der Waals surface area contributed by atoms with E-state index in [1.807, 2.05) is 6.07 Å². The van der Waals surface area contributed by atoms with Crippen LogP contribution in [0, 0.1) is 39.1 Å². The molecule has 4 nitrogen and oxygen atoms in total. The van der Waals surface area contributed by atoms with E-state index in [9.17, 15) is 4.79 Å². The van der Waals surface area contributed by atoms with Crippen LogP contribution in [0.1, 0.15) is 44.1 Å². The van der Waals surface area contributed by atoms with Gasteiger partial charge in [0.1, 0.15) is 4.64 Å². The summed E-state index contributed by atoms with van der Waals surface area (Å²) in [5.74, 6) is 1.97. The number of aromatic nitrogens is 1. The van der Waals surface area contributed by atoms with Crippen LogP contribution in [0.5, 0.6) is 0 Å². The Morgan fingerprint density at radius 3 is 2.36 bits per heavy atom. The molecule has 1 aromatic heterocycles. The van der Waals surface area contributed by atoms with Gasteiger partial charge in [-0.1, -0.05) is 12.2 Å². The van der Waals surface area contributed by atoms with Crippen LogP contribution in [-0.2, 0) is 4.79 Å². The number of hydrogen-bond donors (Lipinski definition) is 0. The third-order valence-corrected chi connectivity index (χ3v) is 5.97. The van der Waals surface area contributed by atoms with Gasteiger partial charge in [0.2, 0.25) is 0 Å². The van der Waals surface area contributed by atoms with Crippen LogP contribution in [0.3, 0.4) is 0 Å². The molecule has 114 valence electrons. The summed E-state index contributed by atoms with van der Waals surface area (Å²) >= 11 is 5.20. The van der Waals surface area contributed by atoms with Crippen LogP contribution < -0.4 is 4.84 Å². The van der Waals surface area contributed by atoms with E-state index >= 15 is 0 Å². The minimum absolute atomic E-state index is 0.132. The van der Waals surface area contributed by atoms with Crippen LogP contribution >= 0.6 is 12.2 Å². The summed E-state index contributed by atoms with van der Waals surface area (Å²) in [7, 11) is 0. The molecule has 4 fully saturated rings. The molecule has 0 aromatic carbocycles. The molecule has 0 N–H and O–H groups in total. The van der Waals surface area contributed by atoms with Gasteiger partial charge >= 0.3 is 5.97 Å². The van der Waals surface area contributed by atoms with Gasteiger partial charge in [-0.15, -0.1) is 0 Å². The monoisotopic (exact) mass is 314 g/mol. The minimum atomic E-state index is -0.294. The molecule has 0 amide bonds. The number of nitriles is 1. The topological polar surface area (TPSA) is 55.0 Å². The Morgan fingerprint density at radius 1 is 1.27 bits per heavy atom. The zero-order valence-electron chi connectivity index (χ0n) is 12.3. The third-order valence-electron chi connectivity index (χ3n) is 5.67. The molecule has 0 spiro atoms. The number of carbonyl (C=O) groups excluding carboxylic acids is 1. The van der Waals surface area contributed by atoms with Crippen LogP contribution in [0.25, 0.3) is 0 Å². The van der Waals surface area contributed by atoms with E-state index in [1.165, 1.54) is 24.0 Å². The normalized spacial score (nSPS) is 35.1. The van der Waals surface area contributed by atoms with Crippen molar-refractivity contribution < 1.29 is 9.63 Å². The maximum absolute atomic E-state index is 12.8. The van der Waals surface area contributed by atoms with Gasteiger partial charge < -0.3 is 4.84 Å². The van der Waals surface area contributed by atoms with Crippen molar-refractivity contribution in [1.82, 2.24) is 4.73 Å². The van der Waals surface area contributed by atoms with E-state index in [0.29, 0.717) is 28.0 Å². The summed E-state index contributed by atoms with van der Waals surface area (Å²) in [6.07, 6.45) is 8.37. The molecule has 0 unspecified atom stereocenters. The quantitative estimate of drug-likeness (QED) is 0.786. The summed E-state index contributed by atoms with van der Waals surface area (Å²) < 4.78 is 1.69. The molecule has 4 aliphatic carbocycles. The molecule has 4 saturated carbocycles. The van der Waals surface area contributed by atoms with Crippen LogP contribution in [-0.4, -0.2) is 10.7 Å². The molecule has 0 saturated heterocycles. The van der Waals surface area contributed by atoms with Crippen molar-refractivity contribution in [2.75, 3.05) is 0 Å². The third kappa shape index (κ3) is 2.17. The van der Waals surface area contributed by atoms with Crippen LogP contribution in [0.15, 0.2) is 18.3 Å². The van der Waals surface area contributed by atoms with Gasteiger partial charge in [0.25, 0.3) is 0 Å². The zero-order chi connectivity index (χ0) is 15.3. The molecule has 0 radical (unpaired) electrons. The fourth-order valence-corrected chi connectivity index (χ4v) is 5.38. The van der Waals surface area contributed by atoms with E-state index in [2.05, 4.69) is 0 Å². The van der Waals surface area contributed by atoms with Crippen molar-refractivity contribution in [1.29, 1.82) is 5.26 Å². The molecular weight excluding hydrogens is 296 g/mol. The highest BCUT2D eigenvalue weighted by Gasteiger charge is 2.55. The first-order valence-electron chi connectivity index (χ1n) is 7.93. The van der Waals surface area contributed by atoms with Crippen LogP contribution in [0.4, 0.5) is 0 Å². The predicted octanol–water partition coefficient (Wildman–Crippen LogP) is 3.26. The summed E-state index contributed by atoms with van der Waals surface area (Å²) in [6, 6.07) is 5.21. The Hall–Kier alpha value is -1.67. The SMILES string of the molecule is N#Cc1ccn(OC(=O)C23CC4CC(CC(C4)C2)C3)c(=S)c1. The standard InChI is InChI=1S/C17H18N2O2S/c18-10-11-1-2-19(15(22)6-11)21-16(20)17-7-12-3-13(8-17)5-14(4-12)9-17/h1-2,6,12-14H,3-5,7-9H2. The largest absolute Gasteiger partial charge is 0.339 e. The van der Waals surface area contributed by atoms with Crippen molar-refractivity contribution in [2.45, 2.75) is 38.5 Å². The number of hydrogen-bond acceptors (Lipinski definition) is 4. The molecule has 0 atom stereocenters. The fourth-order valence-electron chi connectivity index (χ4n) is 5.16. The van der Waals surface area contributed by atoms with Gasteiger partial charge in [-0.3, -0.25) is 0 Å². The lowest BCUT2D eigenvalue weighted by atomic mass is 9.49. The van der Waals surface area contributed by atoms with E-state index in [1.54, 1.807) is 18.3 Å². The maximum Gasteiger partial charge on any atom is 0.339 e. The van der Waals surface area contributed by atoms with Crippen molar-refractivity contribution >= 4 is 18.2 Å². The second-order valence-corrected chi connectivity index (χ2v) is 7.69. The van der Waals surface area contributed by atoms with Gasteiger partial charge in [0, 0.05) is 6.20 Å². The average molecular weight is 314 g/mol. The van der Waals surface area contributed by atoms with E-state index in [-0.39, 0.29) is 11.4 Å². The average Bonchev–Trinajstić information content (AvgIpc) is 2.47. The minimum Gasteiger partial charge on any atom is -0.335 e. The molecule has 22 heavy (non-hydrogen) atoms. The molecule has 4 aliphatic rings. The van der Waals surface area contributed by atoms with E-state index in [0.717, 1.165) is 19.3 Å². The highest BCUT2D eigenvalue weighted by Crippen LogP contribution is 2.60. The summed E-state index contributed by atoms with van der Waals surface area (Å²) in [5, 5.41) is 8.88. The molecule has 5 heteroatoms. The van der Waals surface area contributed by atoms with E-state index in [4.69, 9.17) is 22.3 Å². The first kappa shape index (κ1) is 14.0. The maximum atomic E-state index is 12.8. The molecule has 0 aliphatic heterocycles. The second kappa shape index (κ2) is 4.92. The Bertz CT molecular complexity index is 696. The Kier molecular flexibility index (Phi) is 3.12.